The molecule has 2 fully saturated rings. The van der Waals surface area contributed by atoms with Crippen molar-refractivity contribution in [1.82, 2.24) is 9.80 Å². The zero-order chi connectivity index (χ0) is 21.7. The molecule has 164 valence electrons. The van der Waals surface area contributed by atoms with Crippen LogP contribution in [0.2, 0.25) is 0 Å². The number of nitrogens with zero attached hydrogens (tertiary/aromatic N) is 2. The van der Waals surface area contributed by atoms with Gasteiger partial charge in [0, 0.05) is 37.2 Å². The minimum absolute atomic E-state index is 0.112. The van der Waals surface area contributed by atoms with Crippen LogP contribution in [0.1, 0.15) is 54.9 Å². The van der Waals surface area contributed by atoms with E-state index in [-0.39, 0.29) is 11.3 Å². The van der Waals surface area contributed by atoms with Gasteiger partial charge in [-0.05, 0) is 55.7 Å². The molecule has 1 atom stereocenters. The molecule has 1 unspecified atom stereocenters. The number of rotatable bonds is 5. The van der Waals surface area contributed by atoms with Crippen LogP contribution in [0.4, 0.5) is 0 Å². The highest BCUT2D eigenvalue weighted by molar-refractivity contribution is 5.94. The zero-order valence-corrected chi connectivity index (χ0v) is 18.6. The Morgan fingerprint density at radius 3 is 2.26 bits per heavy atom. The minimum atomic E-state index is -0.310. The van der Waals surface area contributed by atoms with Gasteiger partial charge in [-0.15, -0.1) is 0 Å². The predicted octanol–water partition coefficient (Wildman–Crippen LogP) is 4.80. The summed E-state index contributed by atoms with van der Waals surface area (Å²) in [6.45, 7) is 5.34. The highest BCUT2D eigenvalue weighted by Crippen LogP contribution is 2.42. The van der Waals surface area contributed by atoms with Crippen LogP contribution in [0.5, 0.6) is 0 Å². The van der Waals surface area contributed by atoms with E-state index in [0.29, 0.717) is 11.8 Å². The van der Waals surface area contributed by atoms with Crippen molar-refractivity contribution in [3.63, 3.8) is 0 Å². The number of carbonyl (C=O) groups excluding carboxylic acids is 2. The molecule has 0 aliphatic carbocycles. The molecule has 2 amide bonds. The van der Waals surface area contributed by atoms with Crippen LogP contribution < -0.4 is 0 Å². The van der Waals surface area contributed by atoms with E-state index in [1.54, 1.807) is 0 Å². The van der Waals surface area contributed by atoms with Gasteiger partial charge in [0.05, 0.1) is 0 Å². The summed E-state index contributed by atoms with van der Waals surface area (Å²) in [6, 6.07) is 20.0. The van der Waals surface area contributed by atoms with Crippen molar-refractivity contribution in [3.8, 4) is 0 Å². The average molecular weight is 419 g/mol. The van der Waals surface area contributed by atoms with Crippen LogP contribution in [0.3, 0.4) is 0 Å². The number of amides is 2. The lowest BCUT2D eigenvalue weighted by molar-refractivity contribution is -0.144. The van der Waals surface area contributed by atoms with Crippen molar-refractivity contribution in [3.05, 3.63) is 71.8 Å². The van der Waals surface area contributed by atoms with E-state index < -0.39 is 0 Å². The normalized spacial score (nSPS) is 22.9. The fraction of sp³-hybridized carbons (Fsp3) is 0.481. The third kappa shape index (κ3) is 4.84. The van der Waals surface area contributed by atoms with Crippen molar-refractivity contribution >= 4 is 11.8 Å². The lowest BCUT2D eigenvalue weighted by Gasteiger charge is -2.43. The number of piperidine rings is 1. The summed E-state index contributed by atoms with van der Waals surface area (Å²) in [4.78, 5) is 30.5. The lowest BCUT2D eigenvalue weighted by Crippen LogP contribution is -2.49. The molecule has 0 spiro atoms. The number of hydrogen-bond donors (Lipinski definition) is 0. The first-order chi connectivity index (χ1) is 15.1. The summed E-state index contributed by atoms with van der Waals surface area (Å²) in [7, 11) is 0. The summed E-state index contributed by atoms with van der Waals surface area (Å²) in [5.74, 6) is 0.784. The van der Waals surface area contributed by atoms with Crippen molar-refractivity contribution in [2.45, 2.75) is 45.4 Å². The van der Waals surface area contributed by atoms with Crippen molar-refractivity contribution in [2.75, 3.05) is 26.2 Å². The van der Waals surface area contributed by atoms with E-state index in [4.69, 9.17) is 0 Å². The largest absolute Gasteiger partial charge is 0.342 e. The molecule has 0 radical (unpaired) electrons. The van der Waals surface area contributed by atoms with Gasteiger partial charge >= 0.3 is 0 Å². The summed E-state index contributed by atoms with van der Waals surface area (Å²) in [5.41, 5.74) is 1.73. The van der Waals surface area contributed by atoms with Gasteiger partial charge in [-0.1, -0.05) is 61.9 Å². The van der Waals surface area contributed by atoms with Gasteiger partial charge in [0.25, 0.3) is 5.91 Å². The quantitative estimate of drug-likeness (QED) is 0.700. The molecule has 2 aliphatic heterocycles. The summed E-state index contributed by atoms with van der Waals surface area (Å²) in [5, 5.41) is 0. The monoisotopic (exact) mass is 418 g/mol. The van der Waals surface area contributed by atoms with Crippen LogP contribution in [-0.4, -0.2) is 47.8 Å². The van der Waals surface area contributed by atoms with Crippen molar-refractivity contribution in [2.24, 2.45) is 11.3 Å². The standard InChI is InChI=1S/C27H34N2O2/c1-27(24-15-20-28(21-16-24)25(30)23-12-6-3-7-13-23)17-8-9-18-29(26(27)31)19-14-22-10-4-2-5-11-22/h2-7,10-13,24H,8-9,14-21H2,1H3. The molecule has 0 N–H and O–H groups in total. The van der Waals surface area contributed by atoms with Gasteiger partial charge in [0.1, 0.15) is 0 Å². The summed E-state index contributed by atoms with van der Waals surface area (Å²) < 4.78 is 0. The molecular formula is C27H34N2O2. The predicted molar refractivity (Wildman–Crippen MR) is 124 cm³/mol. The third-order valence-electron chi connectivity index (χ3n) is 7.37. The molecule has 2 aromatic rings. The Hall–Kier alpha value is -2.62. The molecular weight excluding hydrogens is 384 g/mol. The van der Waals surface area contributed by atoms with E-state index in [1.165, 1.54) is 5.56 Å². The number of likely N-dealkylation sites (tertiary alicyclic amines) is 2. The van der Waals surface area contributed by atoms with E-state index >= 15 is 0 Å². The number of benzene rings is 2. The van der Waals surface area contributed by atoms with Gasteiger partial charge < -0.3 is 9.80 Å². The maximum Gasteiger partial charge on any atom is 0.253 e. The molecule has 4 rings (SSSR count). The minimum Gasteiger partial charge on any atom is -0.342 e. The summed E-state index contributed by atoms with van der Waals surface area (Å²) >= 11 is 0. The Morgan fingerprint density at radius 1 is 0.935 bits per heavy atom. The fourth-order valence-corrected chi connectivity index (χ4v) is 5.35. The molecule has 2 aliphatic rings. The molecule has 0 bridgehead atoms. The number of hydrogen-bond acceptors (Lipinski definition) is 2. The second kappa shape index (κ2) is 9.67. The Morgan fingerprint density at radius 2 is 1.58 bits per heavy atom. The Labute approximate surface area is 186 Å². The van der Waals surface area contributed by atoms with E-state index in [2.05, 4.69) is 36.1 Å². The first kappa shape index (κ1) is 21.6. The zero-order valence-electron chi connectivity index (χ0n) is 18.6. The maximum absolute atomic E-state index is 13.7. The van der Waals surface area contributed by atoms with Crippen molar-refractivity contribution < 1.29 is 9.59 Å². The average Bonchev–Trinajstić information content (AvgIpc) is 2.97. The molecule has 0 saturated carbocycles. The van der Waals surface area contributed by atoms with Crippen LogP contribution in [-0.2, 0) is 11.2 Å². The van der Waals surface area contributed by atoms with E-state index in [0.717, 1.165) is 70.3 Å². The van der Waals surface area contributed by atoms with Crippen LogP contribution >= 0.6 is 0 Å². The van der Waals surface area contributed by atoms with Crippen LogP contribution in [0, 0.1) is 11.3 Å². The molecule has 2 heterocycles. The first-order valence-electron chi connectivity index (χ1n) is 11.8. The van der Waals surface area contributed by atoms with Crippen LogP contribution in [0.15, 0.2) is 60.7 Å². The maximum atomic E-state index is 13.7. The Kier molecular flexibility index (Phi) is 6.74. The van der Waals surface area contributed by atoms with Gasteiger partial charge in [0.2, 0.25) is 5.91 Å². The highest BCUT2D eigenvalue weighted by atomic mass is 16.2. The van der Waals surface area contributed by atoms with Crippen LogP contribution in [0.25, 0.3) is 0 Å². The third-order valence-corrected chi connectivity index (χ3v) is 7.37. The second-order valence-electron chi connectivity index (χ2n) is 9.33. The Bertz CT molecular complexity index is 875. The van der Waals surface area contributed by atoms with Gasteiger partial charge in [-0.25, -0.2) is 0 Å². The fourth-order valence-electron chi connectivity index (χ4n) is 5.35. The second-order valence-corrected chi connectivity index (χ2v) is 9.33. The molecule has 31 heavy (non-hydrogen) atoms. The van der Waals surface area contributed by atoms with Crippen molar-refractivity contribution in [1.29, 1.82) is 0 Å². The highest BCUT2D eigenvalue weighted by Gasteiger charge is 2.45. The lowest BCUT2D eigenvalue weighted by atomic mass is 9.69. The first-order valence-corrected chi connectivity index (χ1v) is 11.8. The SMILES string of the molecule is CC1(C2CCN(C(=O)c3ccccc3)CC2)CCCCN(CCc2ccccc2)C1=O. The molecule has 2 aromatic carbocycles. The molecule has 4 nitrogen and oxygen atoms in total. The number of carbonyl (C=O) groups is 2. The van der Waals surface area contributed by atoms with Gasteiger partial charge in [-0.3, -0.25) is 9.59 Å². The molecule has 4 heteroatoms. The van der Waals surface area contributed by atoms with E-state index in [1.807, 2.05) is 41.3 Å². The Balaban J connectivity index is 1.39. The van der Waals surface area contributed by atoms with E-state index in [9.17, 15) is 9.59 Å². The topological polar surface area (TPSA) is 40.6 Å². The summed E-state index contributed by atoms with van der Waals surface area (Å²) in [6.07, 6.45) is 5.88. The van der Waals surface area contributed by atoms with Gasteiger partial charge in [0.15, 0.2) is 0 Å². The smallest absolute Gasteiger partial charge is 0.253 e. The van der Waals surface area contributed by atoms with Gasteiger partial charge in [-0.2, -0.15) is 0 Å². The molecule has 0 aromatic heterocycles. The molecule has 2 saturated heterocycles.